The van der Waals surface area contributed by atoms with E-state index in [-0.39, 0.29) is 5.97 Å². The minimum absolute atomic E-state index is 0.102. The second-order valence-electron chi connectivity index (χ2n) is 4.34. The molecule has 0 atom stereocenters. The van der Waals surface area contributed by atoms with Crippen LogP contribution >= 0.6 is 0 Å². The van der Waals surface area contributed by atoms with Crippen molar-refractivity contribution < 1.29 is 9.53 Å². The standard InChI is InChI=1S/C12H24N2O2/c1-3-9-14(10-6-12(15)16-2)11-4-7-13-8-5-11/h11,13H,3-10H2,1-2H3. The Bertz CT molecular complexity index is 203. The third kappa shape index (κ3) is 4.49. The molecule has 0 aliphatic carbocycles. The highest BCUT2D eigenvalue weighted by Gasteiger charge is 2.20. The van der Waals surface area contributed by atoms with Crippen LogP contribution in [0.15, 0.2) is 0 Å². The zero-order chi connectivity index (χ0) is 11.8. The van der Waals surface area contributed by atoms with Crippen molar-refractivity contribution in [3.8, 4) is 0 Å². The number of carbonyl (C=O) groups is 1. The van der Waals surface area contributed by atoms with Gasteiger partial charge in [0.05, 0.1) is 13.5 Å². The molecule has 4 heteroatoms. The second-order valence-corrected chi connectivity index (χ2v) is 4.34. The van der Waals surface area contributed by atoms with E-state index in [9.17, 15) is 4.79 Å². The maximum Gasteiger partial charge on any atom is 0.306 e. The molecule has 1 rings (SSSR count). The Kier molecular flexibility index (Phi) is 6.42. The van der Waals surface area contributed by atoms with E-state index in [0.717, 1.165) is 32.6 Å². The minimum atomic E-state index is -0.102. The van der Waals surface area contributed by atoms with Crippen LogP contribution in [0.1, 0.15) is 32.6 Å². The van der Waals surface area contributed by atoms with Gasteiger partial charge in [-0.05, 0) is 38.9 Å². The van der Waals surface area contributed by atoms with Crippen LogP contribution in [-0.4, -0.2) is 50.2 Å². The van der Waals surface area contributed by atoms with Gasteiger partial charge < -0.3 is 10.1 Å². The van der Waals surface area contributed by atoms with E-state index in [0.29, 0.717) is 12.5 Å². The predicted octanol–water partition coefficient (Wildman–Crippen LogP) is 1.01. The molecule has 0 spiro atoms. The number of nitrogens with zero attached hydrogens (tertiary/aromatic N) is 1. The normalized spacial score (nSPS) is 17.7. The molecule has 1 fully saturated rings. The smallest absolute Gasteiger partial charge is 0.306 e. The summed E-state index contributed by atoms with van der Waals surface area (Å²) in [4.78, 5) is 13.6. The van der Waals surface area contributed by atoms with Gasteiger partial charge in [-0.3, -0.25) is 9.69 Å². The Balaban J connectivity index is 2.35. The maximum atomic E-state index is 11.1. The molecule has 1 saturated heterocycles. The van der Waals surface area contributed by atoms with Crippen LogP contribution in [0.5, 0.6) is 0 Å². The molecule has 0 aromatic heterocycles. The topological polar surface area (TPSA) is 41.6 Å². The first-order valence-electron chi connectivity index (χ1n) is 6.29. The van der Waals surface area contributed by atoms with E-state index in [4.69, 9.17) is 0 Å². The quantitative estimate of drug-likeness (QED) is 0.689. The van der Waals surface area contributed by atoms with Gasteiger partial charge in [0.25, 0.3) is 0 Å². The average Bonchev–Trinajstić information content (AvgIpc) is 2.35. The van der Waals surface area contributed by atoms with Crippen LogP contribution in [0.4, 0.5) is 0 Å². The highest BCUT2D eigenvalue weighted by Crippen LogP contribution is 2.12. The Hall–Kier alpha value is -0.610. The summed E-state index contributed by atoms with van der Waals surface area (Å²) >= 11 is 0. The third-order valence-corrected chi connectivity index (χ3v) is 3.17. The summed E-state index contributed by atoms with van der Waals surface area (Å²) < 4.78 is 4.69. The van der Waals surface area contributed by atoms with Crippen molar-refractivity contribution in [3.63, 3.8) is 0 Å². The Morgan fingerprint density at radius 1 is 1.38 bits per heavy atom. The number of ether oxygens (including phenoxy) is 1. The van der Waals surface area contributed by atoms with Crippen molar-refractivity contribution in [2.45, 2.75) is 38.6 Å². The Morgan fingerprint density at radius 2 is 2.06 bits per heavy atom. The van der Waals surface area contributed by atoms with Gasteiger partial charge in [-0.15, -0.1) is 0 Å². The summed E-state index contributed by atoms with van der Waals surface area (Å²) in [5.74, 6) is -0.102. The van der Waals surface area contributed by atoms with Crippen LogP contribution in [-0.2, 0) is 9.53 Å². The van der Waals surface area contributed by atoms with E-state index in [2.05, 4.69) is 21.9 Å². The molecular formula is C12H24N2O2. The van der Waals surface area contributed by atoms with E-state index in [1.165, 1.54) is 20.0 Å². The first-order chi connectivity index (χ1) is 7.77. The Morgan fingerprint density at radius 3 is 2.62 bits per heavy atom. The predicted molar refractivity (Wildman–Crippen MR) is 64.4 cm³/mol. The molecule has 0 amide bonds. The summed E-state index contributed by atoms with van der Waals surface area (Å²) in [7, 11) is 1.46. The lowest BCUT2D eigenvalue weighted by molar-refractivity contribution is -0.141. The van der Waals surface area contributed by atoms with Crippen LogP contribution in [0, 0.1) is 0 Å². The summed E-state index contributed by atoms with van der Waals surface area (Å²) in [6.07, 6.45) is 4.05. The Labute approximate surface area is 98.3 Å². The molecule has 0 aromatic carbocycles. The zero-order valence-corrected chi connectivity index (χ0v) is 10.5. The first kappa shape index (κ1) is 13.5. The molecule has 1 heterocycles. The van der Waals surface area contributed by atoms with Gasteiger partial charge in [0.2, 0.25) is 0 Å². The van der Waals surface area contributed by atoms with Gasteiger partial charge in [-0.25, -0.2) is 0 Å². The molecule has 0 saturated carbocycles. The van der Waals surface area contributed by atoms with Gasteiger partial charge >= 0.3 is 5.97 Å². The lowest BCUT2D eigenvalue weighted by Gasteiger charge is -2.34. The number of nitrogens with one attached hydrogen (secondary N) is 1. The first-order valence-corrected chi connectivity index (χ1v) is 6.29. The number of piperidine rings is 1. The van der Waals surface area contributed by atoms with Gasteiger partial charge in [-0.2, -0.15) is 0 Å². The van der Waals surface area contributed by atoms with E-state index in [1.54, 1.807) is 0 Å². The van der Waals surface area contributed by atoms with Crippen molar-refractivity contribution in [2.24, 2.45) is 0 Å². The fourth-order valence-corrected chi connectivity index (χ4v) is 2.27. The minimum Gasteiger partial charge on any atom is -0.469 e. The van der Waals surface area contributed by atoms with E-state index in [1.807, 2.05) is 0 Å². The fraction of sp³-hybridized carbons (Fsp3) is 0.917. The fourth-order valence-electron chi connectivity index (χ4n) is 2.27. The number of rotatable bonds is 6. The van der Waals surface area contributed by atoms with Crippen LogP contribution in [0.3, 0.4) is 0 Å². The molecule has 1 N–H and O–H groups in total. The van der Waals surface area contributed by atoms with Crippen molar-refractivity contribution in [1.29, 1.82) is 0 Å². The molecular weight excluding hydrogens is 204 g/mol. The molecule has 1 aliphatic rings. The highest BCUT2D eigenvalue weighted by atomic mass is 16.5. The molecule has 0 aromatic rings. The molecule has 4 nitrogen and oxygen atoms in total. The molecule has 1 aliphatic heterocycles. The molecule has 0 unspecified atom stereocenters. The van der Waals surface area contributed by atoms with Gasteiger partial charge in [0.15, 0.2) is 0 Å². The molecule has 0 bridgehead atoms. The van der Waals surface area contributed by atoms with E-state index < -0.39 is 0 Å². The van der Waals surface area contributed by atoms with Crippen molar-refractivity contribution in [3.05, 3.63) is 0 Å². The number of methoxy groups -OCH3 is 1. The molecule has 0 radical (unpaired) electrons. The SMILES string of the molecule is CCCN(CCC(=O)OC)C1CCNCC1. The van der Waals surface area contributed by atoms with Crippen molar-refractivity contribution in [1.82, 2.24) is 10.2 Å². The van der Waals surface area contributed by atoms with E-state index >= 15 is 0 Å². The van der Waals surface area contributed by atoms with Gasteiger partial charge in [0, 0.05) is 12.6 Å². The lowest BCUT2D eigenvalue weighted by atomic mass is 10.0. The number of carbonyl (C=O) groups excluding carboxylic acids is 1. The number of esters is 1. The molecule has 94 valence electrons. The molecule has 16 heavy (non-hydrogen) atoms. The highest BCUT2D eigenvalue weighted by molar-refractivity contribution is 5.69. The van der Waals surface area contributed by atoms with Crippen LogP contribution in [0.25, 0.3) is 0 Å². The van der Waals surface area contributed by atoms with Crippen LogP contribution < -0.4 is 5.32 Å². The zero-order valence-electron chi connectivity index (χ0n) is 10.5. The average molecular weight is 228 g/mol. The monoisotopic (exact) mass is 228 g/mol. The third-order valence-electron chi connectivity index (χ3n) is 3.17. The van der Waals surface area contributed by atoms with Gasteiger partial charge in [0.1, 0.15) is 0 Å². The van der Waals surface area contributed by atoms with Gasteiger partial charge in [-0.1, -0.05) is 6.92 Å². The summed E-state index contributed by atoms with van der Waals surface area (Å²) in [6.45, 7) is 6.31. The summed E-state index contributed by atoms with van der Waals surface area (Å²) in [5, 5.41) is 3.37. The summed E-state index contributed by atoms with van der Waals surface area (Å²) in [6, 6.07) is 0.644. The maximum absolute atomic E-state index is 11.1. The summed E-state index contributed by atoms with van der Waals surface area (Å²) in [5.41, 5.74) is 0. The second kappa shape index (κ2) is 7.63. The lowest BCUT2D eigenvalue weighted by Crippen LogP contribution is -2.44. The van der Waals surface area contributed by atoms with Crippen LogP contribution in [0.2, 0.25) is 0 Å². The van der Waals surface area contributed by atoms with Crippen molar-refractivity contribution >= 4 is 5.97 Å². The van der Waals surface area contributed by atoms with Crippen molar-refractivity contribution in [2.75, 3.05) is 33.3 Å². The number of hydrogen-bond donors (Lipinski definition) is 1. The largest absolute Gasteiger partial charge is 0.469 e. The number of hydrogen-bond acceptors (Lipinski definition) is 4.